The van der Waals surface area contributed by atoms with Gasteiger partial charge in [0.2, 0.25) is 0 Å². The Labute approximate surface area is 305 Å². The number of rotatable bonds is 35. The first-order valence-corrected chi connectivity index (χ1v) is 20.8. The maximum absolute atomic E-state index is 12.7. The average molecular weight is 715 g/mol. The molecule has 0 amide bonds. The third-order valence-electron chi connectivity index (χ3n) is 9.68. The number of hydrogen-bond donors (Lipinski definition) is 4. The molecule has 0 aromatic carbocycles. The highest BCUT2D eigenvalue weighted by Crippen LogP contribution is 2.22. The molecule has 0 spiro atoms. The van der Waals surface area contributed by atoms with Crippen molar-refractivity contribution in [2.75, 3.05) is 26.4 Å². The van der Waals surface area contributed by atoms with E-state index in [1.54, 1.807) is 0 Å². The van der Waals surface area contributed by atoms with Crippen LogP contribution in [0.4, 0.5) is 0 Å². The third-order valence-corrected chi connectivity index (χ3v) is 9.68. The summed E-state index contributed by atoms with van der Waals surface area (Å²) in [6.45, 7) is 4.54. The molecule has 0 aromatic rings. The third kappa shape index (κ3) is 25.0. The fourth-order valence-corrected chi connectivity index (χ4v) is 6.37. The summed E-state index contributed by atoms with van der Waals surface area (Å²) in [7, 11) is 0. The van der Waals surface area contributed by atoms with Crippen LogP contribution >= 0.6 is 0 Å². The zero-order valence-corrected chi connectivity index (χ0v) is 32.2. The summed E-state index contributed by atoms with van der Waals surface area (Å²) < 4.78 is 22.7. The summed E-state index contributed by atoms with van der Waals surface area (Å²) in [5.74, 6) is -0.314. The van der Waals surface area contributed by atoms with Crippen LogP contribution in [0, 0.1) is 0 Å². The fourth-order valence-electron chi connectivity index (χ4n) is 6.37. The van der Waals surface area contributed by atoms with E-state index in [2.05, 4.69) is 26.0 Å². The molecule has 6 unspecified atom stereocenters. The van der Waals surface area contributed by atoms with E-state index in [0.717, 1.165) is 32.1 Å². The lowest BCUT2D eigenvalue weighted by Gasteiger charge is -2.39. The van der Waals surface area contributed by atoms with Crippen molar-refractivity contribution in [3.05, 3.63) is 12.2 Å². The Kier molecular flexibility index (Phi) is 31.7. The first-order chi connectivity index (χ1) is 24.4. The van der Waals surface area contributed by atoms with Crippen LogP contribution in [0.1, 0.15) is 181 Å². The number of carbonyl (C=O) groups is 1. The van der Waals surface area contributed by atoms with Crippen LogP contribution in [0.5, 0.6) is 0 Å². The SMILES string of the molecule is CCCCC/C=C\CCCCCCCCOCC(COC1OC(CO)C(O)C(O)C1O)OC(=O)CCCCCCCCCCCCCCCC. The Bertz CT molecular complexity index is 777. The highest BCUT2D eigenvalue weighted by Gasteiger charge is 2.44. The van der Waals surface area contributed by atoms with Gasteiger partial charge in [0.1, 0.15) is 30.5 Å². The molecule has 0 aromatic heterocycles. The van der Waals surface area contributed by atoms with Gasteiger partial charge < -0.3 is 39.4 Å². The second-order valence-corrected chi connectivity index (χ2v) is 14.4. The van der Waals surface area contributed by atoms with Gasteiger partial charge >= 0.3 is 5.97 Å². The van der Waals surface area contributed by atoms with E-state index >= 15 is 0 Å². The van der Waals surface area contributed by atoms with Crippen molar-refractivity contribution in [1.29, 1.82) is 0 Å². The smallest absolute Gasteiger partial charge is 0.306 e. The van der Waals surface area contributed by atoms with Crippen molar-refractivity contribution in [1.82, 2.24) is 0 Å². The molecule has 1 aliphatic rings. The second kappa shape index (κ2) is 33.7. The van der Waals surface area contributed by atoms with Crippen LogP contribution in [0.2, 0.25) is 0 Å². The van der Waals surface area contributed by atoms with Crippen molar-refractivity contribution in [2.45, 2.75) is 218 Å². The summed E-state index contributed by atoms with van der Waals surface area (Å²) >= 11 is 0. The van der Waals surface area contributed by atoms with Gasteiger partial charge in [0, 0.05) is 13.0 Å². The number of unbranched alkanes of at least 4 members (excludes halogenated alkanes) is 22. The number of allylic oxidation sites excluding steroid dienone is 2. The molecule has 0 aliphatic carbocycles. The summed E-state index contributed by atoms with van der Waals surface area (Å²) in [5.41, 5.74) is 0. The van der Waals surface area contributed by atoms with Gasteiger partial charge in [-0.05, 0) is 38.5 Å². The van der Waals surface area contributed by atoms with Crippen molar-refractivity contribution < 1.29 is 44.2 Å². The van der Waals surface area contributed by atoms with E-state index in [-0.39, 0.29) is 19.2 Å². The predicted octanol–water partition coefficient (Wildman–Crippen LogP) is 8.47. The predicted molar refractivity (Wildman–Crippen MR) is 201 cm³/mol. The topological polar surface area (TPSA) is 135 Å². The lowest BCUT2D eigenvalue weighted by molar-refractivity contribution is -0.305. The number of ether oxygens (including phenoxy) is 4. The van der Waals surface area contributed by atoms with Gasteiger partial charge in [-0.2, -0.15) is 0 Å². The highest BCUT2D eigenvalue weighted by molar-refractivity contribution is 5.69. The Morgan fingerprint density at radius 1 is 0.620 bits per heavy atom. The summed E-state index contributed by atoms with van der Waals surface area (Å²) in [5, 5.41) is 40.0. The highest BCUT2D eigenvalue weighted by atomic mass is 16.7. The average Bonchev–Trinajstić information content (AvgIpc) is 3.11. The summed E-state index contributed by atoms with van der Waals surface area (Å²) in [6.07, 6.45) is 28.0. The molecular formula is C41H78O9. The van der Waals surface area contributed by atoms with Crippen molar-refractivity contribution in [3.8, 4) is 0 Å². The van der Waals surface area contributed by atoms with Gasteiger partial charge in [0.05, 0.1) is 19.8 Å². The zero-order chi connectivity index (χ0) is 36.5. The quantitative estimate of drug-likeness (QED) is 0.0290. The Balaban J connectivity index is 2.30. The minimum Gasteiger partial charge on any atom is -0.457 e. The Hall–Kier alpha value is -1.07. The lowest BCUT2D eigenvalue weighted by atomic mass is 9.99. The Morgan fingerprint density at radius 3 is 1.66 bits per heavy atom. The van der Waals surface area contributed by atoms with Crippen LogP contribution in [-0.4, -0.2) is 89.6 Å². The molecular weight excluding hydrogens is 636 g/mol. The van der Waals surface area contributed by atoms with E-state index in [4.69, 9.17) is 18.9 Å². The van der Waals surface area contributed by atoms with E-state index in [1.165, 1.54) is 128 Å². The van der Waals surface area contributed by atoms with E-state index in [9.17, 15) is 25.2 Å². The molecule has 0 radical (unpaired) electrons. The molecule has 9 heteroatoms. The van der Waals surface area contributed by atoms with E-state index < -0.39 is 43.4 Å². The largest absolute Gasteiger partial charge is 0.457 e. The number of esters is 1. The van der Waals surface area contributed by atoms with Gasteiger partial charge in [0.15, 0.2) is 6.29 Å². The molecule has 1 heterocycles. The van der Waals surface area contributed by atoms with Crippen LogP contribution in [-0.2, 0) is 23.7 Å². The number of hydrogen-bond acceptors (Lipinski definition) is 9. The maximum atomic E-state index is 12.7. The lowest BCUT2D eigenvalue weighted by Crippen LogP contribution is -2.59. The molecule has 9 nitrogen and oxygen atoms in total. The van der Waals surface area contributed by atoms with Crippen LogP contribution in [0.25, 0.3) is 0 Å². The molecule has 4 N–H and O–H groups in total. The monoisotopic (exact) mass is 715 g/mol. The normalized spacial score (nSPS) is 21.6. The minimum absolute atomic E-state index is 0.111. The van der Waals surface area contributed by atoms with Gasteiger partial charge in [0.25, 0.3) is 0 Å². The first-order valence-electron chi connectivity index (χ1n) is 20.8. The van der Waals surface area contributed by atoms with Crippen molar-refractivity contribution >= 4 is 5.97 Å². The summed E-state index contributed by atoms with van der Waals surface area (Å²) in [4.78, 5) is 12.7. The van der Waals surface area contributed by atoms with Gasteiger partial charge in [-0.3, -0.25) is 4.79 Å². The van der Waals surface area contributed by atoms with Gasteiger partial charge in [-0.25, -0.2) is 0 Å². The molecule has 50 heavy (non-hydrogen) atoms. The summed E-state index contributed by atoms with van der Waals surface area (Å²) in [6, 6.07) is 0. The Morgan fingerprint density at radius 2 is 1.10 bits per heavy atom. The van der Waals surface area contributed by atoms with Crippen molar-refractivity contribution in [3.63, 3.8) is 0 Å². The van der Waals surface area contributed by atoms with Crippen LogP contribution in [0.15, 0.2) is 12.2 Å². The van der Waals surface area contributed by atoms with Gasteiger partial charge in [-0.15, -0.1) is 0 Å². The molecule has 0 bridgehead atoms. The van der Waals surface area contributed by atoms with E-state index in [0.29, 0.717) is 13.0 Å². The van der Waals surface area contributed by atoms with Crippen LogP contribution < -0.4 is 0 Å². The molecule has 296 valence electrons. The molecule has 1 aliphatic heterocycles. The number of carbonyl (C=O) groups excluding carboxylic acids is 1. The minimum atomic E-state index is -1.53. The number of aliphatic hydroxyl groups excluding tert-OH is 4. The molecule has 1 fully saturated rings. The zero-order valence-electron chi connectivity index (χ0n) is 32.2. The molecule has 6 atom stereocenters. The van der Waals surface area contributed by atoms with Crippen molar-refractivity contribution in [2.24, 2.45) is 0 Å². The maximum Gasteiger partial charge on any atom is 0.306 e. The molecule has 0 saturated carbocycles. The van der Waals surface area contributed by atoms with Gasteiger partial charge in [-0.1, -0.05) is 148 Å². The van der Waals surface area contributed by atoms with Crippen LogP contribution in [0.3, 0.4) is 0 Å². The molecule has 1 rings (SSSR count). The fraction of sp³-hybridized carbons (Fsp3) is 0.927. The second-order valence-electron chi connectivity index (χ2n) is 14.4. The number of aliphatic hydroxyl groups is 4. The standard InChI is InChI=1S/C41H78O9/c1-3-5-7-9-11-13-15-17-18-20-22-24-26-28-30-37(43)49-35(34-48-41-40(46)39(45)38(44)36(32-42)50-41)33-47-31-29-27-25-23-21-19-16-14-12-10-8-6-4-2/h12,14,35-36,38-42,44-46H,3-11,13,15-34H2,1-2H3/b14-12-. The molecule has 1 saturated heterocycles. The first kappa shape index (κ1) is 47.0. The van der Waals surface area contributed by atoms with E-state index in [1.807, 2.05) is 0 Å².